The second-order valence-electron chi connectivity index (χ2n) is 6.98. The van der Waals surface area contributed by atoms with Crippen LogP contribution < -0.4 is 10.1 Å². The van der Waals surface area contributed by atoms with E-state index >= 15 is 0 Å². The van der Waals surface area contributed by atoms with E-state index in [9.17, 15) is 9.90 Å². The number of carbonyl (C=O) groups excluding carboxylic acids is 1. The summed E-state index contributed by atoms with van der Waals surface area (Å²) in [5.41, 5.74) is 5.17. The molecule has 0 atom stereocenters. The van der Waals surface area contributed by atoms with Crippen molar-refractivity contribution in [2.24, 2.45) is 0 Å². The van der Waals surface area contributed by atoms with Gasteiger partial charge < -0.3 is 14.6 Å². The summed E-state index contributed by atoms with van der Waals surface area (Å²) in [4.78, 5) is 12.5. The van der Waals surface area contributed by atoms with Gasteiger partial charge in [-0.25, -0.2) is 4.79 Å². The molecule has 3 aromatic carbocycles. The van der Waals surface area contributed by atoms with Crippen LogP contribution in [0.3, 0.4) is 0 Å². The molecule has 0 radical (unpaired) electrons. The first kappa shape index (κ1) is 18.9. The first-order chi connectivity index (χ1) is 14.2. The van der Waals surface area contributed by atoms with Crippen molar-refractivity contribution in [2.75, 3.05) is 18.5 Å². The number of hydrogen-bond acceptors (Lipinski definition) is 4. The Morgan fingerprint density at radius 3 is 2.31 bits per heavy atom. The van der Waals surface area contributed by atoms with Gasteiger partial charge in [0.1, 0.15) is 18.1 Å². The Hall–Kier alpha value is -3.47. The number of hydrogen-bond donors (Lipinski definition) is 2. The second-order valence-corrected chi connectivity index (χ2v) is 6.98. The third-order valence-corrected chi connectivity index (χ3v) is 5.01. The molecule has 5 nitrogen and oxygen atoms in total. The molecule has 0 heterocycles. The fourth-order valence-corrected chi connectivity index (χ4v) is 3.69. The van der Waals surface area contributed by atoms with Crippen molar-refractivity contribution >= 4 is 11.8 Å². The maximum absolute atomic E-state index is 12.5. The molecule has 1 aliphatic carbocycles. The van der Waals surface area contributed by atoms with Crippen molar-refractivity contribution in [1.82, 2.24) is 0 Å². The van der Waals surface area contributed by atoms with Crippen LogP contribution in [0.1, 0.15) is 30.4 Å². The topological polar surface area (TPSA) is 67.8 Å². The van der Waals surface area contributed by atoms with Crippen LogP contribution in [-0.2, 0) is 4.74 Å². The summed E-state index contributed by atoms with van der Waals surface area (Å²) in [5.74, 6) is 0.498. The van der Waals surface area contributed by atoms with Crippen LogP contribution in [0.15, 0.2) is 66.7 Å². The molecule has 0 saturated carbocycles. The third-order valence-electron chi connectivity index (χ3n) is 5.01. The van der Waals surface area contributed by atoms with Gasteiger partial charge in [-0.15, -0.1) is 0 Å². The van der Waals surface area contributed by atoms with Crippen molar-refractivity contribution in [3.63, 3.8) is 0 Å². The summed E-state index contributed by atoms with van der Waals surface area (Å²) in [5, 5.41) is 12.4. The van der Waals surface area contributed by atoms with E-state index in [1.54, 1.807) is 6.07 Å². The zero-order chi connectivity index (χ0) is 20.2. The molecule has 2 N–H and O–H groups in total. The minimum absolute atomic E-state index is 0.00350. The summed E-state index contributed by atoms with van der Waals surface area (Å²) < 4.78 is 11.2. The summed E-state index contributed by atoms with van der Waals surface area (Å²) >= 11 is 0. The van der Waals surface area contributed by atoms with Crippen molar-refractivity contribution in [3.05, 3.63) is 77.9 Å². The Kier molecular flexibility index (Phi) is 5.38. The molecular formula is C24H23NO4. The van der Waals surface area contributed by atoms with E-state index in [-0.39, 0.29) is 18.3 Å². The van der Waals surface area contributed by atoms with Gasteiger partial charge in [0.2, 0.25) is 0 Å². The fourth-order valence-electron chi connectivity index (χ4n) is 3.69. The van der Waals surface area contributed by atoms with Gasteiger partial charge in [0.15, 0.2) is 0 Å². The van der Waals surface area contributed by atoms with Gasteiger partial charge in [0.25, 0.3) is 0 Å². The lowest BCUT2D eigenvalue weighted by molar-refractivity contribution is 0.158. The zero-order valence-electron chi connectivity index (χ0n) is 16.2. The molecule has 148 valence electrons. The maximum Gasteiger partial charge on any atom is 0.411 e. The number of fused-ring (bicyclic) bond motifs is 3. The molecule has 4 rings (SSSR count). The highest BCUT2D eigenvalue weighted by atomic mass is 16.5. The summed E-state index contributed by atoms with van der Waals surface area (Å²) in [6.07, 6.45) is 0.263. The number of amides is 1. The number of aromatic hydroxyl groups is 1. The largest absolute Gasteiger partial charge is 0.508 e. The molecule has 0 aliphatic heterocycles. The highest BCUT2D eigenvalue weighted by Gasteiger charge is 2.29. The van der Waals surface area contributed by atoms with Gasteiger partial charge in [-0.1, -0.05) is 55.5 Å². The predicted octanol–water partition coefficient (Wildman–Crippen LogP) is 5.54. The van der Waals surface area contributed by atoms with Crippen LogP contribution in [0.2, 0.25) is 0 Å². The molecule has 1 amide bonds. The summed E-state index contributed by atoms with van der Waals surface area (Å²) in [6.45, 7) is 2.72. The Labute approximate surface area is 169 Å². The SMILES string of the molecule is CCCOc1cc(O)ccc1NC(=O)OCC1c2ccccc2-c2ccccc21. The minimum Gasteiger partial charge on any atom is -0.508 e. The number of nitrogens with one attached hydrogen (secondary N) is 1. The second kappa shape index (κ2) is 8.27. The van der Waals surface area contributed by atoms with Gasteiger partial charge >= 0.3 is 6.09 Å². The van der Waals surface area contributed by atoms with E-state index in [0.717, 1.165) is 17.5 Å². The Morgan fingerprint density at radius 1 is 1.00 bits per heavy atom. The summed E-state index contributed by atoms with van der Waals surface area (Å²) in [6, 6.07) is 21.0. The van der Waals surface area contributed by atoms with E-state index in [2.05, 4.69) is 29.6 Å². The number of rotatable bonds is 6. The van der Waals surface area contributed by atoms with Gasteiger partial charge in [0.05, 0.1) is 12.3 Å². The highest BCUT2D eigenvalue weighted by Crippen LogP contribution is 2.44. The van der Waals surface area contributed by atoms with E-state index in [1.807, 2.05) is 31.2 Å². The third kappa shape index (κ3) is 3.90. The van der Waals surface area contributed by atoms with E-state index in [4.69, 9.17) is 9.47 Å². The molecule has 0 spiro atoms. The first-order valence-electron chi connectivity index (χ1n) is 9.75. The summed E-state index contributed by atoms with van der Waals surface area (Å²) in [7, 11) is 0. The lowest BCUT2D eigenvalue weighted by Gasteiger charge is -2.16. The van der Waals surface area contributed by atoms with Gasteiger partial charge in [-0.2, -0.15) is 0 Å². The standard InChI is InChI=1S/C24H23NO4/c1-2-13-28-23-14-16(26)11-12-22(23)25-24(27)29-15-21-19-9-5-3-7-17(19)18-8-4-6-10-20(18)21/h3-12,14,21,26H,2,13,15H2,1H3,(H,25,27). The van der Waals surface area contributed by atoms with Crippen molar-refractivity contribution in [1.29, 1.82) is 0 Å². The van der Waals surface area contributed by atoms with Crippen LogP contribution in [-0.4, -0.2) is 24.4 Å². The highest BCUT2D eigenvalue weighted by molar-refractivity contribution is 5.87. The molecule has 1 aliphatic rings. The fraction of sp³-hybridized carbons (Fsp3) is 0.208. The molecule has 0 bridgehead atoms. The maximum atomic E-state index is 12.5. The molecule has 0 saturated heterocycles. The number of phenolic OH excluding ortho intramolecular Hbond substituents is 1. The molecule has 0 aromatic heterocycles. The lowest BCUT2D eigenvalue weighted by Crippen LogP contribution is -2.18. The van der Waals surface area contributed by atoms with Crippen molar-refractivity contribution < 1.29 is 19.4 Å². The zero-order valence-corrected chi connectivity index (χ0v) is 16.2. The number of ether oxygens (including phenoxy) is 2. The molecule has 5 heteroatoms. The van der Waals surface area contributed by atoms with Crippen LogP contribution in [0, 0.1) is 0 Å². The molecule has 3 aromatic rings. The molecule has 0 unspecified atom stereocenters. The Balaban J connectivity index is 1.47. The number of carbonyl (C=O) groups is 1. The van der Waals surface area contributed by atoms with Gasteiger partial charge in [0, 0.05) is 12.0 Å². The van der Waals surface area contributed by atoms with E-state index < -0.39 is 6.09 Å². The number of benzene rings is 3. The van der Waals surface area contributed by atoms with Crippen molar-refractivity contribution in [2.45, 2.75) is 19.3 Å². The molecule has 0 fully saturated rings. The van der Waals surface area contributed by atoms with Crippen LogP contribution in [0.25, 0.3) is 11.1 Å². The average Bonchev–Trinajstić information content (AvgIpc) is 3.06. The van der Waals surface area contributed by atoms with Crippen molar-refractivity contribution in [3.8, 4) is 22.6 Å². The predicted molar refractivity (Wildman–Crippen MR) is 113 cm³/mol. The number of anilines is 1. The Bertz CT molecular complexity index is 985. The van der Waals surface area contributed by atoms with Gasteiger partial charge in [-0.3, -0.25) is 5.32 Å². The first-order valence-corrected chi connectivity index (χ1v) is 9.75. The minimum atomic E-state index is -0.557. The average molecular weight is 389 g/mol. The lowest BCUT2D eigenvalue weighted by atomic mass is 9.98. The van der Waals surface area contributed by atoms with E-state index in [1.165, 1.54) is 23.3 Å². The normalized spacial score (nSPS) is 12.2. The van der Waals surface area contributed by atoms with Crippen LogP contribution >= 0.6 is 0 Å². The molecular weight excluding hydrogens is 366 g/mol. The van der Waals surface area contributed by atoms with Crippen LogP contribution in [0.4, 0.5) is 10.5 Å². The molecule has 29 heavy (non-hydrogen) atoms. The monoisotopic (exact) mass is 389 g/mol. The Morgan fingerprint density at radius 2 is 1.66 bits per heavy atom. The van der Waals surface area contributed by atoms with Gasteiger partial charge in [-0.05, 0) is 40.8 Å². The quantitative estimate of drug-likeness (QED) is 0.543. The van der Waals surface area contributed by atoms with Crippen LogP contribution in [0.5, 0.6) is 11.5 Å². The van der Waals surface area contributed by atoms with E-state index in [0.29, 0.717) is 18.0 Å². The number of phenols is 1. The smallest absolute Gasteiger partial charge is 0.411 e.